The quantitative estimate of drug-likeness (QED) is 0.521. The van der Waals surface area contributed by atoms with E-state index in [1.54, 1.807) is 0 Å². The molecular weight excluding hydrogens is 88.1 g/mol. The van der Waals surface area contributed by atoms with Gasteiger partial charge in [-0.3, -0.25) is 0 Å². The van der Waals surface area contributed by atoms with Crippen molar-refractivity contribution in [3.05, 3.63) is 6.42 Å². The van der Waals surface area contributed by atoms with Crippen molar-refractivity contribution in [1.82, 2.24) is 0 Å². The van der Waals surface area contributed by atoms with E-state index in [4.69, 9.17) is 11.5 Å². The Labute approximate surface area is 44.9 Å². The topological polar surface area (TPSA) is 52.0 Å². The molecule has 0 fully saturated rings. The van der Waals surface area contributed by atoms with Crippen LogP contribution in [0.25, 0.3) is 0 Å². The molecule has 4 N–H and O–H groups in total. The second-order valence-electron chi connectivity index (χ2n) is 1.57. The van der Waals surface area contributed by atoms with Crippen molar-refractivity contribution < 1.29 is 0 Å². The molecule has 0 rings (SSSR count). The van der Waals surface area contributed by atoms with Crippen LogP contribution in [-0.4, -0.2) is 12.6 Å². The van der Waals surface area contributed by atoms with Gasteiger partial charge in [-0.15, -0.1) is 0 Å². The fraction of sp³-hybridized carbons (Fsp3) is 0.800. The van der Waals surface area contributed by atoms with Crippen LogP contribution in [0.3, 0.4) is 0 Å². The minimum atomic E-state index is 0.199. The first-order valence-corrected chi connectivity index (χ1v) is 2.56. The Hall–Kier alpha value is -0.0800. The average molecular weight is 101 g/mol. The first-order chi connectivity index (χ1) is 3.31. The molecule has 0 aromatic heterocycles. The van der Waals surface area contributed by atoms with E-state index in [1.807, 2.05) is 13.3 Å². The van der Waals surface area contributed by atoms with E-state index < -0.39 is 0 Å². The van der Waals surface area contributed by atoms with Gasteiger partial charge >= 0.3 is 0 Å². The predicted molar refractivity (Wildman–Crippen MR) is 31.6 cm³/mol. The summed E-state index contributed by atoms with van der Waals surface area (Å²) in [6, 6.07) is 0.199. The van der Waals surface area contributed by atoms with Crippen LogP contribution in [0.5, 0.6) is 0 Å². The van der Waals surface area contributed by atoms with Gasteiger partial charge in [0, 0.05) is 6.04 Å². The predicted octanol–water partition coefficient (Wildman–Crippen LogP) is -0.113. The maximum atomic E-state index is 5.45. The molecule has 0 aromatic rings. The minimum Gasteiger partial charge on any atom is -0.330 e. The van der Waals surface area contributed by atoms with Gasteiger partial charge in [0.25, 0.3) is 0 Å². The van der Waals surface area contributed by atoms with E-state index in [-0.39, 0.29) is 6.04 Å². The van der Waals surface area contributed by atoms with Gasteiger partial charge in [-0.05, 0) is 19.4 Å². The van der Waals surface area contributed by atoms with Gasteiger partial charge in [-0.2, -0.15) is 0 Å². The van der Waals surface area contributed by atoms with E-state index in [0.717, 1.165) is 6.42 Å². The lowest BCUT2D eigenvalue weighted by atomic mass is 10.2. The van der Waals surface area contributed by atoms with Crippen molar-refractivity contribution in [2.75, 3.05) is 6.54 Å². The van der Waals surface area contributed by atoms with E-state index in [2.05, 4.69) is 0 Å². The molecule has 0 aliphatic carbocycles. The maximum Gasteiger partial charge on any atom is 0.00796 e. The van der Waals surface area contributed by atoms with Crippen LogP contribution in [0.15, 0.2) is 0 Å². The Morgan fingerprint density at radius 3 is 2.43 bits per heavy atom. The molecule has 1 atom stereocenters. The molecule has 1 radical (unpaired) electrons. The van der Waals surface area contributed by atoms with E-state index in [0.29, 0.717) is 6.54 Å². The Morgan fingerprint density at radius 1 is 1.71 bits per heavy atom. The van der Waals surface area contributed by atoms with Crippen molar-refractivity contribution >= 4 is 0 Å². The number of nitrogens with two attached hydrogens (primary N) is 2. The SMILES string of the molecule is C[CH]C(N)CCN. The number of hydrogen-bond acceptors (Lipinski definition) is 2. The largest absolute Gasteiger partial charge is 0.330 e. The normalized spacial score (nSPS) is 14.1. The van der Waals surface area contributed by atoms with E-state index >= 15 is 0 Å². The van der Waals surface area contributed by atoms with Crippen LogP contribution in [0.1, 0.15) is 13.3 Å². The number of rotatable bonds is 3. The smallest absolute Gasteiger partial charge is 0.00796 e. The Morgan fingerprint density at radius 2 is 2.29 bits per heavy atom. The molecule has 0 aliphatic heterocycles. The van der Waals surface area contributed by atoms with Crippen LogP contribution in [-0.2, 0) is 0 Å². The summed E-state index contributed by atoms with van der Waals surface area (Å²) < 4.78 is 0. The second-order valence-corrected chi connectivity index (χ2v) is 1.57. The molecule has 0 bridgehead atoms. The standard InChI is InChI=1S/C5H13N2/c1-2-5(7)3-4-6/h2,5H,3-4,6-7H2,1H3. The van der Waals surface area contributed by atoms with Crippen molar-refractivity contribution in [3.63, 3.8) is 0 Å². The van der Waals surface area contributed by atoms with Crippen LogP contribution in [0.4, 0.5) is 0 Å². The highest BCUT2D eigenvalue weighted by Gasteiger charge is 1.93. The summed E-state index contributed by atoms with van der Waals surface area (Å²) in [6.07, 6.45) is 2.85. The monoisotopic (exact) mass is 101 g/mol. The molecule has 1 unspecified atom stereocenters. The summed E-state index contributed by atoms with van der Waals surface area (Å²) in [5.41, 5.74) is 10.7. The third-order valence-corrected chi connectivity index (χ3v) is 0.928. The average Bonchev–Trinajstić information content (AvgIpc) is 1.68. The lowest BCUT2D eigenvalue weighted by Gasteiger charge is -2.02. The summed E-state index contributed by atoms with van der Waals surface area (Å²) in [6.45, 7) is 2.63. The zero-order valence-electron chi connectivity index (χ0n) is 4.72. The van der Waals surface area contributed by atoms with Crippen molar-refractivity contribution in [2.45, 2.75) is 19.4 Å². The highest BCUT2D eigenvalue weighted by Crippen LogP contribution is 1.86. The van der Waals surface area contributed by atoms with Crippen LogP contribution >= 0.6 is 0 Å². The van der Waals surface area contributed by atoms with Crippen LogP contribution in [0.2, 0.25) is 0 Å². The maximum absolute atomic E-state index is 5.45. The van der Waals surface area contributed by atoms with E-state index in [9.17, 15) is 0 Å². The minimum absolute atomic E-state index is 0.199. The zero-order chi connectivity index (χ0) is 5.70. The second kappa shape index (κ2) is 4.09. The van der Waals surface area contributed by atoms with E-state index in [1.165, 1.54) is 0 Å². The Balaban J connectivity index is 2.83. The summed E-state index contributed by atoms with van der Waals surface area (Å²) in [5.74, 6) is 0. The summed E-state index contributed by atoms with van der Waals surface area (Å²) in [7, 11) is 0. The molecule has 0 spiro atoms. The van der Waals surface area contributed by atoms with Gasteiger partial charge in [0.1, 0.15) is 0 Å². The third kappa shape index (κ3) is 3.76. The first-order valence-electron chi connectivity index (χ1n) is 2.56. The van der Waals surface area contributed by atoms with Crippen LogP contribution in [0, 0.1) is 6.42 Å². The van der Waals surface area contributed by atoms with Gasteiger partial charge < -0.3 is 11.5 Å². The van der Waals surface area contributed by atoms with Gasteiger partial charge in [-0.1, -0.05) is 6.92 Å². The van der Waals surface area contributed by atoms with Gasteiger partial charge in [0.05, 0.1) is 0 Å². The molecule has 2 nitrogen and oxygen atoms in total. The Bertz CT molecular complexity index is 37.1. The first kappa shape index (κ1) is 6.92. The molecule has 0 saturated carbocycles. The molecule has 0 heterocycles. The number of hydrogen-bond donors (Lipinski definition) is 2. The highest BCUT2D eigenvalue weighted by atomic mass is 14.6. The molecule has 0 amide bonds. The molecule has 0 aromatic carbocycles. The Kier molecular flexibility index (Phi) is 4.04. The third-order valence-electron chi connectivity index (χ3n) is 0.928. The molecule has 0 aliphatic rings. The molecule has 43 valence electrons. The van der Waals surface area contributed by atoms with Gasteiger partial charge in [-0.25, -0.2) is 0 Å². The summed E-state index contributed by atoms with van der Waals surface area (Å²) in [5, 5.41) is 0. The molecular formula is C5H13N2. The van der Waals surface area contributed by atoms with Crippen LogP contribution < -0.4 is 11.5 Å². The molecule has 7 heavy (non-hydrogen) atoms. The summed E-state index contributed by atoms with van der Waals surface area (Å²) >= 11 is 0. The lowest BCUT2D eigenvalue weighted by molar-refractivity contribution is 0.693. The fourth-order valence-corrected chi connectivity index (χ4v) is 0.359. The fourth-order valence-electron chi connectivity index (χ4n) is 0.359. The van der Waals surface area contributed by atoms with Gasteiger partial charge in [0.2, 0.25) is 0 Å². The van der Waals surface area contributed by atoms with Gasteiger partial charge in [0.15, 0.2) is 0 Å². The zero-order valence-corrected chi connectivity index (χ0v) is 4.72. The molecule has 0 saturated heterocycles. The molecule has 2 heteroatoms. The highest BCUT2D eigenvalue weighted by molar-refractivity contribution is 4.73. The lowest BCUT2D eigenvalue weighted by Crippen LogP contribution is -2.22. The van der Waals surface area contributed by atoms with Crippen molar-refractivity contribution in [2.24, 2.45) is 11.5 Å². The van der Waals surface area contributed by atoms with Crippen molar-refractivity contribution in [1.29, 1.82) is 0 Å². The summed E-state index contributed by atoms with van der Waals surface area (Å²) in [4.78, 5) is 0. The van der Waals surface area contributed by atoms with Crippen molar-refractivity contribution in [3.8, 4) is 0 Å².